The Morgan fingerprint density at radius 1 is 1.21 bits per heavy atom. The van der Waals surface area contributed by atoms with E-state index in [9.17, 15) is 0 Å². The van der Waals surface area contributed by atoms with Gasteiger partial charge in [-0.3, -0.25) is 0 Å². The number of oxazole rings is 1. The third kappa shape index (κ3) is 2.36. The Bertz CT molecular complexity index is 721. The second kappa shape index (κ2) is 5.05. The molecule has 0 aliphatic carbocycles. The average Bonchev–Trinajstić information content (AvgIpc) is 2.82. The van der Waals surface area contributed by atoms with Crippen LogP contribution in [0, 0.1) is 0 Å². The third-order valence-corrected chi connectivity index (χ3v) is 3.57. The van der Waals surface area contributed by atoms with E-state index < -0.39 is 0 Å². The van der Waals surface area contributed by atoms with Crippen LogP contribution in [0.15, 0.2) is 51.4 Å². The fraction of sp³-hybridized carbons (Fsp3) is 0.133. The van der Waals surface area contributed by atoms with Crippen molar-refractivity contribution in [3.63, 3.8) is 0 Å². The minimum atomic E-state index is 0.635. The molecule has 0 unspecified atom stereocenters. The largest absolute Gasteiger partial charge is 0.436 e. The van der Waals surface area contributed by atoms with Gasteiger partial charge in [-0.2, -0.15) is 0 Å². The number of halogens is 1. The fourth-order valence-electron chi connectivity index (χ4n) is 1.99. The lowest BCUT2D eigenvalue weighted by Gasteiger charge is -2.00. The first kappa shape index (κ1) is 12.2. The van der Waals surface area contributed by atoms with Crippen molar-refractivity contribution >= 4 is 32.7 Å². The van der Waals surface area contributed by atoms with Crippen molar-refractivity contribution in [2.24, 2.45) is 0 Å². The van der Waals surface area contributed by atoms with E-state index >= 15 is 0 Å². The van der Waals surface area contributed by atoms with Crippen LogP contribution in [0.1, 0.15) is 6.92 Å². The summed E-state index contributed by atoms with van der Waals surface area (Å²) in [7, 11) is 0. The summed E-state index contributed by atoms with van der Waals surface area (Å²) in [5.74, 6) is 0.635. The molecule has 0 amide bonds. The molecule has 0 fully saturated rings. The molecule has 0 saturated heterocycles. The first-order valence-corrected chi connectivity index (χ1v) is 6.96. The second-order valence-corrected chi connectivity index (χ2v) is 5.07. The van der Waals surface area contributed by atoms with Crippen LogP contribution in [-0.4, -0.2) is 11.5 Å². The number of anilines is 1. The molecule has 0 radical (unpaired) electrons. The number of hydrogen-bond acceptors (Lipinski definition) is 3. The predicted octanol–water partition coefficient (Wildman–Crippen LogP) is 4.69. The van der Waals surface area contributed by atoms with Crippen LogP contribution in [0.2, 0.25) is 0 Å². The minimum absolute atomic E-state index is 0.635. The van der Waals surface area contributed by atoms with E-state index in [0.29, 0.717) is 5.89 Å². The smallest absolute Gasteiger partial charge is 0.228 e. The van der Waals surface area contributed by atoms with E-state index in [1.165, 1.54) is 0 Å². The highest BCUT2D eigenvalue weighted by Gasteiger charge is 2.10. The molecule has 1 heterocycles. The van der Waals surface area contributed by atoms with Crippen LogP contribution in [0.3, 0.4) is 0 Å². The van der Waals surface area contributed by atoms with Gasteiger partial charge in [-0.15, -0.1) is 0 Å². The number of aromatic nitrogens is 1. The van der Waals surface area contributed by atoms with Gasteiger partial charge in [-0.25, -0.2) is 4.98 Å². The number of benzene rings is 2. The first-order chi connectivity index (χ1) is 9.28. The Kier molecular flexibility index (Phi) is 3.25. The van der Waals surface area contributed by atoms with Gasteiger partial charge in [-0.05, 0) is 47.1 Å². The van der Waals surface area contributed by atoms with Crippen molar-refractivity contribution in [1.29, 1.82) is 0 Å². The van der Waals surface area contributed by atoms with Crippen molar-refractivity contribution in [1.82, 2.24) is 4.98 Å². The van der Waals surface area contributed by atoms with Gasteiger partial charge in [0.05, 0.1) is 5.56 Å². The normalized spacial score (nSPS) is 10.8. The van der Waals surface area contributed by atoms with Crippen LogP contribution in [0.4, 0.5) is 5.69 Å². The Balaban J connectivity index is 2.09. The van der Waals surface area contributed by atoms with Gasteiger partial charge in [0.2, 0.25) is 5.89 Å². The Morgan fingerprint density at radius 2 is 2.05 bits per heavy atom. The number of hydrogen-bond donors (Lipinski definition) is 1. The van der Waals surface area contributed by atoms with Gasteiger partial charge in [-0.1, -0.05) is 12.1 Å². The number of nitrogens with zero attached hydrogens (tertiary/aromatic N) is 1. The zero-order chi connectivity index (χ0) is 13.2. The maximum atomic E-state index is 5.84. The quantitative estimate of drug-likeness (QED) is 0.761. The number of nitrogens with one attached hydrogen (secondary N) is 1. The third-order valence-electron chi connectivity index (χ3n) is 2.87. The molecule has 3 nitrogen and oxygen atoms in total. The molecular weight excluding hydrogens is 304 g/mol. The van der Waals surface area contributed by atoms with Crippen molar-refractivity contribution < 1.29 is 4.42 Å². The molecule has 0 atom stereocenters. The highest BCUT2D eigenvalue weighted by molar-refractivity contribution is 9.10. The van der Waals surface area contributed by atoms with E-state index in [-0.39, 0.29) is 0 Å². The van der Waals surface area contributed by atoms with Crippen LogP contribution in [-0.2, 0) is 0 Å². The molecule has 0 bridgehead atoms. The molecule has 3 aromatic rings. The fourth-order valence-corrected chi connectivity index (χ4v) is 2.44. The van der Waals surface area contributed by atoms with Crippen molar-refractivity contribution in [2.45, 2.75) is 6.92 Å². The van der Waals surface area contributed by atoms with Gasteiger partial charge in [0.25, 0.3) is 0 Å². The molecule has 19 heavy (non-hydrogen) atoms. The lowest BCUT2D eigenvalue weighted by Crippen LogP contribution is -1.95. The highest BCUT2D eigenvalue weighted by atomic mass is 79.9. The molecule has 3 rings (SSSR count). The molecule has 4 heteroatoms. The summed E-state index contributed by atoms with van der Waals surface area (Å²) < 4.78 is 6.82. The van der Waals surface area contributed by atoms with Gasteiger partial charge < -0.3 is 9.73 Å². The number of rotatable bonds is 3. The summed E-state index contributed by atoms with van der Waals surface area (Å²) >= 11 is 3.52. The van der Waals surface area contributed by atoms with E-state index in [1.807, 2.05) is 42.5 Å². The number of fused-ring (bicyclic) bond motifs is 1. The van der Waals surface area contributed by atoms with Gasteiger partial charge in [0, 0.05) is 22.8 Å². The lowest BCUT2D eigenvalue weighted by atomic mass is 10.2. The Labute approximate surface area is 119 Å². The van der Waals surface area contributed by atoms with Crippen molar-refractivity contribution in [3.8, 4) is 11.5 Å². The molecular formula is C15H13BrN2O. The summed E-state index contributed by atoms with van der Waals surface area (Å²) in [5, 5.41) is 3.26. The minimum Gasteiger partial charge on any atom is -0.436 e. The zero-order valence-electron chi connectivity index (χ0n) is 10.5. The standard InChI is InChI=1S/C15H13BrN2O/c1-2-17-10-7-8-13-14(9-10)19-15(18-13)11-5-3-4-6-12(11)16/h3-9,17H,2H2,1H3. The van der Waals surface area contributed by atoms with Gasteiger partial charge in [0.1, 0.15) is 5.52 Å². The maximum Gasteiger partial charge on any atom is 0.228 e. The summed E-state index contributed by atoms with van der Waals surface area (Å²) in [4.78, 5) is 4.52. The Morgan fingerprint density at radius 3 is 2.84 bits per heavy atom. The van der Waals surface area contributed by atoms with Gasteiger partial charge >= 0.3 is 0 Å². The van der Waals surface area contributed by atoms with Crippen LogP contribution < -0.4 is 5.32 Å². The molecule has 0 aliphatic heterocycles. The SMILES string of the molecule is CCNc1ccc2nc(-c3ccccc3Br)oc2c1. The van der Waals surface area contributed by atoms with Gasteiger partial charge in [0.15, 0.2) is 5.58 Å². The first-order valence-electron chi connectivity index (χ1n) is 6.17. The molecule has 1 N–H and O–H groups in total. The Hall–Kier alpha value is -1.81. The average molecular weight is 317 g/mol. The topological polar surface area (TPSA) is 38.1 Å². The molecule has 0 aliphatic rings. The summed E-state index contributed by atoms with van der Waals surface area (Å²) in [5.41, 5.74) is 3.67. The van der Waals surface area contributed by atoms with Crippen LogP contribution in [0.5, 0.6) is 0 Å². The molecule has 0 spiro atoms. The van der Waals surface area contributed by atoms with Crippen molar-refractivity contribution in [2.75, 3.05) is 11.9 Å². The van der Waals surface area contributed by atoms with Crippen LogP contribution >= 0.6 is 15.9 Å². The molecule has 96 valence electrons. The van der Waals surface area contributed by atoms with E-state index in [0.717, 1.165) is 33.4 Å². The summed E-state index contributed by atoms with van der Waals surface area (Å²) in [6.45, 7) is 2.95. The zero-order valence-corrected chi connectivity index (χ0v) is 12.1. The summed E-state index contributed by atoms with van der Waals surface area (Å²) in [6, 6.07) is 13.9. The van der Waals surface area contributed by atoms with Crippen LogP contribution in [0.25, 0.3) is 22.6 Å². The van der Waals surface area contributed by atoms with E-state index in [4.69, 9.17) is 4.42 Å². The lowest BCUT2D eigenvalue weighted by molar-refractivity contribution is 0.619. The summed E-state index contributed by atoms with van der Waals surface area (Å²) in [6.07, 6.45) is 0. The monoisotopic (exact) mass is 316 g/mol. The second-order valence-electron chi connectivity index (χ2n) is 4.21. The molecule has 2 aromatic carbocycles. The predicted molar refractivity (Wildman–Crippen MR) is 81.3 cm³/mol. The highest BCUT2D eigenvalue weighted by Crippen LogP contribution is 2.30. The van der Waals surface area contributed by atoms with Crippen molar-refractivity contribution in [3.05, 3.63) is 46.9 Å². The van der Waals surface area contributed by atoms with E-state index in [1.54, 1.807) is 0 Å². The maximum absolute atomic E-state index is 5.84. The molecule has 1 aromatic heterocycles. The molecule has 0 saturated carbocycles. The van der Waals surface area contributed by atoms with E-state index in [2.05, 4.69) is 33.2 Å².